The van der Waals surface area contributed by atoms with E-state index in [1.807, 2.05) is 6.92 Å². The number of aliphatic hydroxyl groups is 1. The molecule has 0 spiro atoms. The topological polar surface area (TPSA) is 121 Å². The van der Waals surface area contributed by atoms with Crippen LogP contribution in [0.2, 0.25) is 0 Å². The highest BCUT2D eigenvalue weighted by atomic mass is 16.4. The molecule has 0 fully saturated rings. The molecule has 0 aliphatic carbocycles. The number of nitrogens with two attached hydrogens (primary N) is 1. The first kappa shape index (κ1) is 21.3. The van der Waals surface area contributed by atoms with Crippen molar-refractivity contribution in [2.75, 3.05) is 0 Å². The predicted molar refractivity (Wildman–Crippen MR) is 91.9 cm³/mol. The molecule has 5 N–H and O–H groups in total. The van der Waals surface area contributed by atoms with Crippen molar-refractivity contribution in [2.45, 2.75) is 26.0 Å². The van der Waals surface area contributed by atoms with Crippen LogP contribution in [0, 0.1) is 0 Å². The van der Waals surface area contributed by atoms with Gasteiger partial charge in [-0.05, 0) is 30.7 Å². The van der Waals surface area contributed by atoms with Crippen LogP contribution in [0.4, 0.5) is 0 Å². The van der Waals surface area contributed by atoms with Crippen LogP contribution in [0.15, 0.2) is 60.7 Å². The van der Waals surface area contributed by atoms with Crippen molar-refractivity contribution < 1.29 is 24.9 Å². The highest BCUT2D eigenvalue weighted by Gasteiger charge is 1.97. The van der Waals surface area contributed by atoms with E-state index < -0.39 is 18.2 Å². The molecule has 130 valence electrons. The molecule has 24 heavy (non-hydrogen) atoms. The van der Waals surface area contributed by atoms with Crippen molar-refractivity contribution in [3.05, 3.63) is 71.8 Å². The Morgan fingerprint density at radius 2 is 1.21 bits per heavy atom. The predicted octanol–water partition coefficient (Wildman–Crippen LogP) is 2.83. The number of carbonyl (C=O) groups is 2. The Hall–Kier alpha value is -2.70. The lowest BCUT2D eigenvalue weighted by atomic mass is 10.2. The summed E-state index contributed by atoms with van der Waals surface area (Å²) in [5.41, 5.74) is 5.62. The average Bonchev–Trinajstić information content (AvgIpc) is 2.57. The fraction of sp³-hybridized carbons (Fsp3) is 0.222. The fourth-order valence-electron chi connectivity index (χ4n) is 1.46. The number of aromatic carboxylic acids is 2. The van der Waals surface area contributed by atoms with Crippen LogP contribution < -0.4 is 5.73 Å². The second kappa shape index (κ2) is 12.8. The van der Waals surface area contributed by atoms with Crippen molar-refractivity contribution in [2.24, 2.45) is 5.73 Å². The van der Waals surface area contributed by atoms with Crippen molar-refractivity contribution in [1.82, 2.24) is 0 Å². The Labute approximate surface area is 141 Å². The molecule has 2 aromatic carbocycles. The van der Waals surface area contributed by atoms with Gasteiger partial charge in [-0.2, -0.15) is 0 Å². The van der Waals surface area contributed by atoms with Gasteiger partial charge in [-0.1, -0.05) is 49.7 Å². The lowest BCUT2D eigenvalue weighted by Crippen LogP contribution is -2.17. The number of hydrogen-bond acceptors (Lipinski definition) is 4. The minimum Gasteiger partial charge on any atom is -0.478 e. The molecular formula is C18H23NO5. The largest absolute Gasteiger partial charge is 0.478 e. The van der Waals surface area contributed by atoms with Gasteiger partial charge in [-0.15, -0.1) is 0 Å². The van der Waals surface area contributed by atoms with E-state index in [2.05, 4.69) is 0 Å². The maximum absolute atomic E-state index is 10.2. The van der Waals surface area contributed by atoms with E-state index in [1.54, 1.807) is 60.7 Å². The molecule has 0 saturated carbocycles. The molecule has 0 bridgehead atoms. The minimum atomic E-state index is -0.879. The van der Waals surface area contributed by atoms with Gasteiger partial charge in [-0.25, -0.2) is 9.59 Å². The van der Waals surface area contributed by atoms with Crippen LogP contribution in [0.1, 0.15) is 40.5 Å². The lowest BCUT2D eigenvalue weighted by Gasteiger charge is -1.96. The molecule has 0 aromatic heterocycles. The standard InChI is InChI=1S/2C7H6O2.C4H11NO/c2*8-7(9)6-4-2-1-3-5-6;1-2-3-4(5)6/h2*1-5H,(H,8,9);4,6H,2-3,5H2,1H3. The normalized spacial score (nSPS) is 10.3. The van der Waals surface area contributed by atoms with Gasteiger partial charge >= 0.3 is 11.9 Å². The van der Waals surface area contributed by atoms with Gasteiger partial charge in [0.15, 0.2) is 0 Å². The first-order valence-electron chi connectivity index (χ1n) is 7.38. The van der Waals surface area contributed by atoms with Crippen LogP contribution in [-0.2, 0) is 0 Å². The molecule has 0 radical (unpaired) electrons. The monoisotopic (exact) mass is 333 g/mol. The molecule has 0 aliphatic rings. The highest BCUT2D eigenvalue weighted by Crippen LogP contribution is 1.96. The SMILES string of the molecule is CCCC(N)O.O=C(O)c1ccccc1.O=C(O)c1ccccc1. The molecule has 0 saturated heterocycles. The van der Waals surface area contributed by atoms with Gasteiger partial charge in [0.05, 0.1) is 11.1 Å². The van der Waals surface area contributed by atoms with E-state index in [0.717, 1.165) is 6.42 Å². The summed E-state index contributed by atoms with van der Waals surface area (Å²) in [7, 11) is 0. The van der Waals surface area contributed by atoms with E-state index in [-0.39, 0.29) is 0 Å². The second-order valence-electron chi connectivity index (χ2n) is 4.70. The Morgan fingerprint density at radius 3 is 1.33 bits per heavy atom. The van der Waals surface area contributed by atoms with Crippen molar-refractivity contribution >= 4 is 11.9 Å². The summed E-state index contributed by atoms with van der Waals surface area (Å²) in [6, 6.07) is 16.6. The maximum Gasteiger partial charge on any atom is 0.335 e. The van der Waals surface area contributed by atoms with Gasteiger partial charge in [0, 0.05) is 0 Å². The van der Waals surface area contributed by atoms with Crippen LogP contribution in [0.5, 0.6) is 0 Å². The molecule has 6 nitrogen and oxygen atoms in total. The number of aliphatic hydroxyl groups excluding tert-OH is 1. The number of hydrogen-bond donors (Lipinski definition) is 4. The van der Waals surface area contributed by atoms with Gasteiger partial charge in [0.1, 0.15) is 6.23 Å². The van der Waals surface area contributed by atoms with Gasteiger partial charge in [0.25, 0.3) is 0 Å². The third kappa shape index (κ3) is 10.9. The van der Waals surface area contributed by atoms with E-state index in [9.17, 15) is 9.59 Å². The van der Waals surface area contributed by atoms with Crippen LogP contribution >= 0.6 is 0 Å². The van der Waals surface area contributed by atoms with Crippen molar-refractivity contribution in [3.8, 4) is 0 Å². The molecule has 0 aliphatic heterocycles. The zero-order chi connectivity index (χ0) is 18.4. The fourth-order valence-corrected chi connectivity index (χ4v) is 1.46. The summed E-state index contributed by atoms with van der Waals surface area (Å²) in [5, 5.41) is 25.1. The Morgan fingerprint density at radius 1 is 0.875 bits per heavy atom. The quantitative estimate of drug-likeness (QED) is 0.638. The number of rotatable bonds is 4. The summed E-state index contributed by atoms with van der Waals surface area (Å²) in [5.74, 6) is -1.76. The first-order chi connectivity index (χ1) is 11.4. The van der Waals surface area contributed by atoms with Gasteiger partial charge in [0.2, 0.25) is 0 Å². The molecule has 6 heteroatoms. The van der Waals surface area contributed by atoms with E-state index in [4.69, 9.17) is 21.1 Å². The van der Waals surface area contributed by atoms with Crippen LogP contribution in [0.3, 0.4) is 0 Å². The highest BCUT2D eigenvalue weighted by molar-refractivity contribution is 5.87. The Bertz CT molecular complexity index is 535. The maximum atomic E-state index is 10.2. The van der Waals surface area contributed by atoms with E-state index in [1.165, 1.54) is 0 Å². The average molecular weight is 333 g/mol. The molecule has 2 aromatic rings. The molecule has 0 heterocycles. The summed E-state index contributed by atoms with van der Waals surface area (Å²) in [6.45, 7) is 1.98. The molecule has 1 atom stereocenters. The summed E-state index contributed by atoms with van der Waals surface area (Å²) >= 11 is 0. The molecule has 2 rings (SSSR count). The second-order valence-corrected chi connectivity index (χ2v) is 4.70. The smallest absolute Gasteiger partial charge is 0.335 e. The Balaban J connectivity index is 0.000000340. The lowest BCUT2D eigenvalue weighted by molar-refractivity contribution is 0.0686. The summed E-state index contributed by atoms with van der Waals surface area (Å²) < 4.78 is 0. The van der Waals surface area contributed by atoms with Crippen molar-refractivity contribution in [3.63, 3.8) is 0 Å². The molecule has 0 amide bonds. The molecular weight excluding hydrogens is 310 g/mol. The Kier molecular flexibility index (Phi) is 11.4. The zero-order valence-corrected chi connectivity index (χ0v) is 13.5. The summed E-state index contributed by atoms with van der Waals surface area (Å²) in [4.78, 5) is 20.4. The number of benzene rings is 2. The van der Waals surface area contributed by atoms with Gasteiger partial charge < -0.3 is 21.1 Å². The number of carboxylic acid groups (broad SMARTS) is 2. The minimum absolute atomic E-state index is 0.331. The third-order valence-electron chi connectivity index (χ3n) is 2.63. The first-order valence-corrected chi connectivity index (χ1v) is 7.38. The van der Waals surface area contributed by atoms with E-state index in [0.29, 0.717) is 17.5 Å². The summed E-state index contributed by atoms with van der Waals surface area (Å²) in [6.07, 6.45) is 1.06. The number of carboxylic acids is 2. The third-order valence-corrected chi connectivity index (χ3v) is 2.63. The van der Waals surface area contributed by atoms with Crippen LogP contribution in [0.25, 0.3) is 0 Å². The van der Waals surface area contributed by atoms with Crippen molar-refractivity contribution in [1.29, 1.82) is 0 Å². The van der Waals surface area contributed by atoms with Gasteiger partial charge in [-0.3, -0.25) is 0 Å². The zero-order valence-electron chi connectivity index (χ0n) is 13.5. The molecule has 1 unspecified atom stereocenters. The van der Waals surface area contributed by atoms with Crippen LogP contribution in [-0.4, -0.2) is 33.5 Å². The van der Waals surface area contributed by atoms with E-state index >= 15 is 0 Å².